The van der Waals surface area contributed by atoms with Crippen LogP contribution in [0.4, 0.5) is 0 Å². The minimum atomic E-state index is -0.729. The average molecular weight is 364 g/mol. The topological polar surface area (TPSA) is 71.2 Å². The van der Waals surface area contributed by atoms with Gasteiger partial charge in [-0.1, -0.05) is 47.5 Å². The van der Waals surface area contributed by atoms with Crippen molar-refractivity contribution >= 4 is 22.8 Å². The molecular weight excluding hydrogens is 340 g/mol. The van der Waals surface area contributed by atoms with Crippen LogP contribution < -0.4 is 5.32 Å². The second-order valence-corrected chi connectivity index (χ2v) is 6.92. The van der Waals surface area contributed by atoms with Crippen molar-refractivity contribution in [3.8, 4) is 0 Å². The Balaban J connectivity index is 1.73. The molecule has 5 nitrogen and oxygen atoms in total. The zero-order chi connectivity index (χ0) is 19.4. The summed E-state index contributed by atoms with van der Waals surface area (Å²) in [5.74, 6) is -0.696. The summed E-state index contributed by atoms with van der Waals surface area (Å²) >= 11 is 0. The minimum absolute atomic E-state index is 0.186. The number of rotatable bonds is 6. The standard InChI is InChI=1S/C22H24N2O3/c1-14-8-15(2)10-17(9-14)13-27-22(26)21(24-16(3)25)11-18-12-23-20-7-5-4-6-19(18)20/h4-10,12,21,23H,11,13H2,1-3H3,(H,24,25)/t21-/m0/s1. The number of nitrogens with one attached hydrogen (secondary N) is 2. The molecule has 1 heterocycles. The lowest BCUT2D eigenvalue weighted by atomic mass is 10.0. The van der Waals surface area contributed by atoms with Crippen LogP contribution in [-0.4, -0.2) is 22.9 Å². The number of hydrogen-bond acceptors (Lipinski definition) is 3. The monoisotopic (exact) mass is 364 g/mol. The molecule has 5 heteroatoms. The van der Waals surface area contributed by atoms with Crippen LogP contribution in [0.3, 0.4) is 0 Å². The zero-order valence-corrected chi connectivity index (χ0v) is 15.8. The highest BCUT2D eigenvalue weighted by atomic mass is 16.5. The molecule has 3 rings (SSSR count). The lowest BCUT2D eigenvalue weighted by Gasteiger charge is -2.17. The van der Waals surface area contributed by atoms with Gasteiger partial charge in [0.2, 0.25) is 5.91 Å². The molecule has 0 unspecified atom stereocenters. The third-order valence-electron chi connectivity index (χ3n) is 4.42. The number of hydrogen-bond donors (Lipinski definition) is 2. The fourth-order valence-corrected chi connectivity index (χ4v) is 3.37. The summed E-state index contributed by atoms with van der Waals surface area (Å²) < 4.78 is 5.50. The van der Waals surface area contributed by atoms with E-state index in [1.165, 1.54) is 6.92 Å². The Bertz CT molecular complexity index is 954. The summed E-state index contributed by atoms with van der Waals surface area (Å²) in [6.45, 7) is 5.61. The summed E-state index contributed by atoms with van der Waals surface area (Å²) in [6, 6.07) is 13.2. The van der Waals surface area contributed by atoms with E-state index in [4.69, 9.17) is 4.74 Å². The maximum Gasteiger partial charge on any atom is 0.329 e. The molecule has 0 bridgehead atoms. The van der Waals surface area contributed by atoms with Crippen LogP contribution in [0.1, 0.15) is 29.2 Å². The Hall–Kier alpha value is -3.08. The van der Waals surface area contributed by atoms with Gasteiger partial charge in [-0.2, -0.15) is 0 Å². The van der Waals surface area contributed by atoms with Crippen molar-refractivity contribution in [3.63, 3.8) is 0 Å². The van der Waals surface area contributed by atoms with Gasteiger partial charge in [0, 0.05) is 30.4 Å². The highest BCUT2D eigenvalue weighted by Crippen LogP contribution is 2.19. The molecular formula is C22H24N2O3. The fraction of sp³-hybridized carbons (Fsp3) is 0.273. The SMILES string of the molecule is CC(=O)N[C@@H](Cc1c[nH]c2ccccc12)C(=O)OCc1cc(C)cc(C)c1. The van der Waals surface area contributed by atoms with E-state index < -0.39 is 12.0 Å². The van der Waals surface area contributed by atoms with Crippen molar-refractivity contribution in [1.29, 1.82) is 0 Å². The van der Waals surface area contributed by atoms with Gasteiger partial charge < -0.3 is 15.0 Å². The molecule has 0 fully saturated rings. The van der Waals surface area contributed by atoms with Crippen LogP contribution in [0.15, 0.2) is 48.7 Å². The fourth-order valence-electron chi connectivity index (χ4n) is 3.37. The molecule has 0 saturated heterocycles. The number of benzene rings is 2. The van der Waals surface area contributed by atoms with Gasteiger partial charge in [0.25, 0.3) is 0 Å². The Labute approximate surface area is 158 Å². The Kier molecular flexibility index (Phi) is 5.60. The highest BCUT2D eigenvalue weighted by molar-refractivity contribution is 5.86. The number of esters is 1. The van der Waals surface area contributed by atoms with Crippen molar-refractivity contribution in [3.05, 3.63) is 70.9 Å². The van der Waals surface area contributed by atoms with Gasteiger partial charge in [-0.3, -0.25) is 4.79 Å². The molecule has 140 valence electrons. The largest absolute Gasteiger partial charge is 0.459 e. The Morgan fingerprint density at radius 2 is 1.81 bits per heavy atom. The Morgan fingerprint density at radius 3 is 2.52 bits per heavy atom. The number of carbonyl (C=O) groups excluding carboxylic acids is 2. The molecule has 1 atom stereocenters. The smallest absolute Gasteiger partial charge is 0.329 e. The van der Waals surface area contributed by atoms with Crippen molar-refractivity contribution in [1.82, 2.24) is 10.3 Å². The number of aromatic amines is 1. The molecule has 27 heavy (non-hydrogen) atoms. The summed E-state index contributed by atoms with van der Waals surface area (Å²) in [6.07, 6.45) is 2.24. The van der Waals surface area contributed by atoms with E-state index in [0.717, 1.165) is 33.2 Å². The number of aromatic nitrogens is 1. The van der Waals surface area contributed by atoms with Gasteiger partial charge in [0.1, 0.15) is 12.6 Å². The Morgan fingerprint density at radius 1 is 1.11 bits per heavy atom. The molecule has 0 aliphatic rings. The van der Waals surface area contributed by atoms with Gasteiger partial charge in [-0.05, 0) is 31.0 Å². The molecule has 2 aromatic carbocycles. The molecule has 3 aromatic rings. The maximum atomic E-state index is 12.6. The summed E-state index contributed by atoms with van der Waals surface area (Å²) in [5, 5.41) is 3.75. The number of para-hydroxylation sites is 1. The first-order chi connectivity index (χ1) is 12.9. The van der Waals surface area contributed by atoms with Crippen molar-refractivity contribution < 1.29 is 14.3 Å². The summed E-state index contributed by atoms with van der Waals surface area (Å²) in [7, 11) is 0. The predicted molar refractivity (Wildman–Crippen MR) is 105 cm³/mol. The first kappa shape index (κ1) is 18.7. The van der Waals surface area contributed by atoms with Crippen LogP contribution in [0.25, 0.3) is 10.9 Å². The molecule has 0 radical (unpaired) electrons. The van der Waals surface area contributed by atoms with Crippen molar-refractivity contribution in [2.24, 2.45) is 0 Å². The van der Waals surface area contributed by atoms with E-state index in [1.807, 2.05) is 56.4 Å². The van der Waals surface area contributed by atoms with E-state index in [-0.39, 0.29) is 12.5 Å². The van der Waals surface area contributed by atoms with Gasteiger partial charge in [0.05, 0.1) is 0 Å². The molecule has 2 N–H and O–H groups in total. The third-order valence-corrected chi connectivity index (χ3v) is 4.42. The van der Waals surface area contributed by atoms with Gasteiger partial charge in [-0.25, -0.2) is 4.79 Å². The number of amides is 1. The van der Waals surface area contributed by atoms with E-state index in [1.54, 1.807) is 0 Å². The van der Waals surface area contributed by atoms with Crippen LogP contribution >= 0.6 is 0 Å². The lowest BCUT2D eigenvalue weighted by Crippen LogP contribution is -2.42. The minimum Gasteiger partial charge on any atom is -0.459 e. The van der Waals surface area contributed by atoms with E-state index in [0.29, 0.717) is 6.42 Å². The van der Waals surface area contributed by atoms with Crippen LogP contribution in [-0.2, 0) is 27.4 Å². The first-order valence-electron chi connectivity index (χ1n) is 8.98. The average Bonchev–Trinajstić information content (AvgIpc) is 3.01. The predicted octanol–water partition coefficient (Wildman–Crippen LogP) is 3.58. The molecule has 1 amide bonds. The number of ether oxygens (including phenoxy) is 1. The molecule has 0 aliphatic heterocycles. The summed E-state index contributed by atoms with van der Waals surface area (Å²) in [5.41, 5.74) is 5.15. The van der Waals surface area contributed by atoms with Gasteiger partial charge in [-0.15, -0.1) is 0 Å². The van der Waals surface area contributed by atoms with Gasteiger partial charge in [0.15, 0.2) is 0 Å². The quantitative estimate of drug-likeness (QED) is 0.657. The normalized spacial score (nSPS) is 12.0. The summed E-state index contributed by atoms with van der Waals surface area (Å²) in [4.78, 5) is 27.4. The number of aryl methyl sites for hydroxylation is 2. The zero-order valence-electron chi connectivity index (χ0n) is 15.8. The third kappa shape index (κ3) is 4.76. The highest BCUT2D eigenvalue weighted by Gasteiger charge is 2.23. The first-order valence-corrected chi connectivity index (χ1v) is 8.98. The van der Waals surface area contributed by atoms with Crippen LogP contribution in [0.5, 0.6) is 0 Å². The molecule has 0 aliphatic carbocycles. The molecule has 1 aromatic heterocycles. The number of carbonyl (C=O) groups is 2. The van der Waals surface area contributed by atoms with Gasteiger partial charge >= 0.3 is 5.97 Å². The van der Waals surface area contributed by atoms with E-state index in [9.17, 15) is 9.59 Å². The van der Waals surface area contributed by atoms with E-state index in [2.05, 4.69) is 16.4 Å². The number of H-pyrrole nitrogens is 1. The van der Waals surface area contributed by atoms with Crippen LogP contribution in [0.2, 0.25) is 0 Å². The van der Waals surface area contributed by atoms with Crippen molar-refractivity contribution in [2.75, 3.05) is 0 Å². The lowest BCUT2D eigenvalue weighted by molar-refractivity contribution is -0.149. The molecule has 0 spiro atoms. The van der Waals surface area contributed by atoms with Crippen LogP contribution in [0, 0.1) is 13.8 Å². The second kappa shape index (κ2) is 8.08. The second-order valence-electron chi connectivity index (χ2n) is 6.92. The maximum absolute atomic E-state index is 12.6. The number of fused-ring (bicyclic) bond motifs is 1. The van der Waals surface area contributed by atoms with Crippen molar-refractivity contribution in [2.45, 2.75) is 39.8 Å². The molecule has 0 saturated carbocycles. The van der Waals surface area contributed by atoms with E-state index >= 15 is 0 Å².